The van der Waals surface area contributed by atoms with Gasteiger partial charge in [0.15, 0.2) is 0 Å². The van der Waals surface area contributed by atoms with Crippen LogP contribution in [0.1, 0.15) is 35.2 Å². The van der Waals surface area contributed by atoms with Crippen LogP contribution in [0.5, 0.6) is 0 Å². The fraction of sp³-hybridized carbons (Fsp3) is 0.471. The monoisotopic (exact) mass is 286 g/mol. The van der Waals surface area contributed by atoms with Crippen LogP contribution in [0.25, 0.3) is 10.9 Å². The number of benzene rings is 1. The highest BCUT2D eigenvalue weighted by molar-refractivity contribution is 5.87. The minimum atomic E-state index is -0.608. The van der Waals surface area contributed by atoms with Crippen LogP contribution in [0, 0.1) is 6.92 Å². The van der Waals surface area contributed by atoms with Crippen LogP contribution in [0.4, 0.5) is 0 Å². The molecule has 0 fully saturated rings. The molecule has 21 heavy (non-hydrogen) atoms. The third kappa shape index (κ3) is 2.56. The zero-order valence-corrected chi connectivity index (χ0v) is 12.7. The van der Waals surface area contributed by atoms with Gasteiger partial charge >= 0.3 is 5.97 Å². The fourth-order valence-corrected chi connectivity index (χ4v) is 3.34. The van der Waals surface area contributed by atoms with Crippen molar-refractivity contribution in [2.24, 2.45) is 5.73 Å². The van der Waals surface area contributed by atoms with Crippen LogP contribution in [0.3, 0.4) is 0 Å². The molecule has 4 nitrogen and oxygen atoms in total. The molecule has 1 atom stereocenters. The van der Waals surface area contributed by atoms with Crippen LogP contribution in [-0.2, 0) is 28.8 Å². The van der Waals surface area contributed by atoms with Crippen LogP contribution in [0.2, 0.25) is 0 Å². The lowest BCUT2D eigenvalue weighted by molar-refractivity contribution is -0.142. The summed E-state index contributed by atoms with van der Waals surface area (Å²) in [7, 11) is 1.38. The first-order chi connectivity index (χ1) is 10.1. The summed E-state index contributed by atoms with van der Waals surface area (Å²) in [5.74, 6) is -0.360. The summed E-state index contributed by atoms with van der Waals surface area (Å²) < 4.78 is 4.73. The Bertz CT molecular complexity index is 688. The molecule has 0 bridgehead atoms. The first kappa shape index (κ1) is 14.1. The number of ether oxygens (including phenoxy) is 1. The average molecular weight is 286 g/mol. The molecule has 0 aliphatic heterocycles. The molecule has 4 heteroatoms. The Hall–Kier alpha value is -1.81. The largest absolute Gasteiger partial charge is 0.468 e. The summed E-state index contributed by atoms with van der Waals surface area (Å²) in [5.41, 5.74) is 12.2. The van der Waals surface area contributed by atoms with E-state index in [2.05, 4.69) is 17.1 Å². The number of methoxy groups -OCH3 is 1. The number of H-pyrrole nitrogens is 1. The van der Waals surface area contributed by atoms with Gasteiger partial charge in [0.25, 0.3) is 0 Å². The van der Waals surface area contributed by atoms with E-state index in [9.17, 15) is 4.79 Å². The zero-order chi connectivity index (χ0) is 15.0. The summed E-state index contributed by atoms with van der Waals surface area (Å²) in [5, 5.41) is 1.20. The second-order valence-corrected chi connectivity index (χ2v) is 5.94. The first-order valence-corrected chi connectivity index (χ1v) is 7.56. The summed E-state index contributed by atoms with van der Waals surface area (Å²) in [6.07, 6.45) is 5.37. The molecule has 1 heterocycles. The van der Waals surface area contributed by atoms with Crippen molar-refractivity contribution in [1.29, 1.82) is 0 Å². The van der Waals surface area contributed by atoms with E-state index < -0.39 is 6.04 Å². The van der Waals surface area contributed by atoms with E-state index in [1.807, 2.05) is 6.92 Å². The number of aromatic nitrogens is 1. The van der Waals surface area contributed by atoms with Gasteiger partial charge in [0.1, 0.15) is 6.04 Å². The average Bonchev–Trinajstić information content (AvgIpc) is 2.79. The van der Waals surface area contributed by atoms with Gasteiger partial charge in [-0.05, 0) is 61.4 Å². The zero-order valence-electron chi connectivity index (χ0n) is 12.7. The van der Waals surface area contributed by atoms with Crippen molar-refractivity contribution in [2.45, 2.75) is 45.1 Å². The molecule has 0 amide bonds. The lowest BCUT2D eigenvalue weighted by Gasteiger charge is -2.16. The Morgan fingerprint density at radius 2 is 2.00 bits per heavy atom. The number of carbonyl (C=O) groups is 1. The van der Waals surface area contributed by atoms with Gasteiger partial charge in [-0.25, -0.2) is 0 Å². The van der Waals surface area contributed by atoms with Crippen molar-refractivity contribution >= 4 is 16.9 Å². The second kappa shape index (κ2) is 5.53. The highest BCUT2D eigenvalue weighted by Gasteiger charge is 2.20. The molecule has 1 aliphatic rings. The van der Waals surface area contributed by atoms with Crippen molar-refractivity contribution in [2.75, 3.05) is 7.11 Å². The summed E-state index contributed by atoms with van der Waals surface area (Å²) >= 11 is 0. The number of aryl methyl sites for hydroxylation is 3. The molecule has 0 spiro atoms. The standard InChI is InChI=1S/C17H22N2O2/c1-10-13(9-15(18)17(20)21-2)14-7-11-5-3-4-6-12(11)8-16(14)19-10/h7-8,15,19H,3-6,9,18H2,1-2H3. The number of rotatable bonds is 3. The van der Waals surface area contributed by atoms with E-state index in [-0.39, 0.29) is 5.97 Å². The number of esters is 1. The third-order valence-electron chi connectivity index (χ3n) is 4.51. The maximum absolute atomic E-state index is 11.6. The van der Waals surface area contributed by atoms with E-state index in [1.54, 1.807) is 0 Å². The van der Waals surface area contributed by atoms with Crippen molar-refractivity contribution in [1.82, 2.24) is 4.98 Å². The maximum atomic E-state index is 11.6. The molecule has 1 aliphatic carbocycles. The molecule has 112 valence electrons. The minimum absolute atomic E-state index is 0.360. The Kier molecular flexibility index (Phi) is 3.72. The number of nitrogens with one attached hydrogen (secondary N) is 1. The topological polar surface area (TPSA) is 68.1 Å². The van der Waals surface area contributed by atoms with Crippen molar-refractivity contribution < 1.29 is 9.53 Å². The lowest BCUT2D eigenvalue weighted by Crippen LogP contribution is -2.33. The van der Waals surface area contributed by atoms with E-state index >= 15 is 0 Å². The number of hydrogen-bond acceptors (Lipinski definition) is 3. The third-order valence-corrected chi connectivity index (χ3v) is 4.51. The molecule has 1 aromatic carbocycles. The van der Waals surface area contributed by atoms with Gasteiger partial charge in [0.2, 0.25) is 0 Å². The number of fused-ring (bicyclic) bond motifs is 2. The molecule has 0 saturated heterocycles. The maximum Gasteiger partial charge on any atom is 0.322 e. The van der Waals surface area contributed by atoms with Crippen molar-refractivity contribution in [3.8, 4) is 0 Å². The highest BCUT2D eigenvalue weighted by atomic mass is 16.5. The molecular formula is C17H22N2O2. The molecule has 1 unspecified atom stereocenters. The molecular weight excluding hydrogens is 264 g/mol. The van der Waals surface area contributed by atoms with Gasteiger partial charge in [-0.1, -0.05) is 0 Å². The van der Waals surface area contributed by atoms with E-state index in [1.165, 1.54) is 42.9 Å². The molecule has 0 radical (unpaired) electrons. The Labute approximate surface area is 124 Å². The summed E-state index contributed by atoms with van der Waals surface area (Å²) in [6, 6.07) is 3.94. The quantitative estimate of drug-likeness (QED) is 0.851. The fourth-order valence-electron chi connectivity index (χ4n) is 3.34. The van der Waals surface area contributed by atoms with Gasteiger partial charge in [-0.2, -0.15) is 0 Å². The van der Waals surface area contributed by atoms with Crippen LogP contribution < -0.4 is 5.73 Å². The first-order valence-electron chi connectivity index (χ1n) is 7.56. The van der Waals surface area contributed by atoms with Gasteiger partial charge in [0, 0.05) is 23.0 Å². The molecule has 3 N–H and O–H groups in total. The van der Waals surface area contributed by atoms with Gasteiger partial charge < -0.3 is 15.5 Å². The van der Waals surface area contributed by atoms with E-state index in [0.717, 1.165) is 23.2 Å². The predicted molar refractivity (Wildman–Crippen MR) is 83.4 cm³/mol. The van der Waals surface area contributed by atoms with Gasteiger partial charge in [-0.15, -0.1) is 0 Å². The minimum Gasteiger partial charge on any atom is -0.468 e. The Balaban J connectivity index is 2.02. The number of carbonyl (C=O) groups excluding carboxylic acids is 1. The number of nitrogens with two attached hydrogens (primary N) is 1. The molecule has 3 rings (SSSR count). The van der Waals surface area contributed by atoms with Gasteiger partial charge in [0.05, 0.1) is 7.11 Å². The Morgan fingerprint density at radius 3 is 2.67 bits per heavy atom. The molecule has 1 aromatic heterocycles. The van der Waals surface area contributed by atoms with Crippen molar-refractivity contribution in [3.63, 3.8) is 0 Å². The van der Waals surface area contributed by atoms with E-state index in [0.29, 0.717) is 6.42 Å². The Morgan fingerprint density at radius 1 is 1.33 bits per heavy atom. The lowest BCUT2D eigenvalue weighted by atomic mass is 9.89. The van der Waals surface area contributed by atoms with Crippen LogP contribution >= 0.6 is 0 Å². The van der Waals surface area contributed by atoms with Crippen molar-refractivity contribution in [3.05, 3.63) is 34.5 Å². The van der Waals surface area contributed by atoms with Crippen LogP contribution in [0.15, 0.2) is 12.1 Å². The number of hydrogen-bond donors (Lipinski definition) is 2. The smallest absolute Gasteiger partial charge is 0.322 e. The SMILES string of the molecule is COC(=O)C(N)Cc1c(C)[nH]c2cc3c(cc12)CCCC3. The summed E-state index contributed by atoms with van der Waals surface area (Å²) in [6.45, 7) is 2.04. The van der Waals surface area contributed by atoms with E-state index in [4.69, 9.17) is 10.5 Å². The highest BCUT2D eigenvalue weighted by Crippen LogP contribution is 2.30. The second-order valence-electron chi connectivity index (χ2n) is 5.94. The normalized spacial score (nSPS) is 15.8. The predicted octanol–water partition coefficient (Wildman–Crippen LogP) is 2.40. The van der Waals surface area contributed by atoms with Gasteiger partial charge in [-0.3, -0.25) is 4.79 Å². The molecule has 2 aromatic rings. The van der Waals surface area contributed by atoms with Crippen LogP contribution in [-0.4, -0.2) is 24.1 Å². The molecule has 0 saturated carbocycles. The summed E-state index contributed by atoms with van der Waals surface area (Å²) in [4.78, 5) is 15.0. The number of aromatic amines is 1.